The Morgan fingerprint density at radius 2 is 1.56 bits per heavy atom. The van der Waals surface area contributed by atoms with Gasteiger partial charge in [0.2, 0.25) is 0 Å². The molecule has 1 aliphatic carbocycles. The molecule has 176 valence electrons. The van der Waals surface area contributed by atoms with E-state index in [1.165, 1.54) is 0 Å². The molecular weight excluding hydrogens is 437 g/mol. The number of alkyl halides is 1. The predicted molar refractivity (Wildman–Crippen MR) is 126 cm³/mol. The maximum absolute atomic E-state index is 12.5. The van der Waals surface area contributed by atoms with Crippen LogP contribution in [-0.2, 0) is 16.0 Å². The van der Waals surface area contributed by atoms with Crippen LogP contribution >= 0.6 is 0 Å². The molecule has 1 aliphatic rings. The van der Waals surface area contributed by atoms with Crippen LogP contribution in [0.1, 0.15) is 29.0 Å². The smallest absolute Gasteiger partial charge is 0.407 e. The van der Waals surface area contributed by atoms with Crippen LogP contribution in [0.5, 0.6) is 5.75 Å². The highest BCUT2D eigenvalue weighted by Crippen LogP contribution is 2.44. The van der Waals surface area contributed by atoms with Crippen molar-refractivity contribution in [3.8, 4) is 16.9 Å². The molecule has 0 saturated carbocycles. The molecule has 1 unspecified atom stereocenters. The van der Waals surface area contributed by atoms with E-state index in [2.05, 4.69) is 5.32 Å². The van der Waals surface area contributed by atoms with Gasteiger partial charge in [0.05, 0.1) is 13.3 Å². The monoisotopic (exact) mass is 463 g/mol. The Labute approximate surface area is 197 Å². The van der Waals surface area contributed by atoms with Gasteiger partial charge in [-0.3, -0.25) is 4.39 Å². The first-order chi connectivity index (χ1) is 16.6. The first-order valence-electron chi connectivity index (χ1n) is 11.2. The zero-order chi connectivity index (χ0) is 23.9. The van der Waals surface area contributed by atoms with Crippen molar-refractivity contribution in [3.05, 3.63) is 89.5 Å². The SMILES string of the molecule is O=C(NC(Cc1ccc(OCCCF)cc1)C(=O)O)OCC1c2ccccc2-c2ccccc21. The first kappa shape index (κ1) is 23.3. The van der Waals surface area contributed by atoms with E-state index in [1.54, 1.807) is 24.3 Å². The fourth-order valence-corrected chi connectivity index (χ4v) is 4.18. The Balaban J connectivity index is 1.35. The normalized spacial score (nSPS) is 13.0. The lowest BCUT2D eigenvalue weighted by atomic mass is 9.98. The summed E-state index contributed by atoms with van der Waals surface area (Å²) >= 11 is 0. The number of nitrogens with one attached hydrogen (secondary N) is 1. The van der Waals surface area contributed by atoms with Gasteiger partial charge in [0.1, 0.15) is 18.4 Å². The number of hydrogen-bond donors (Lipinski definition) is 2. The van der Waals surface area contributed by atoms with Gasteiger partial charge < -0.3 is 19.9 Å². The summed E-state index contributed by atoms with van der Waals surface area (Å²) in [5.41, 5.74) is 5.12. The molecule has 3 aromatic carbocycles. The van der Waals surface area contributed by atoms with Crippen LogP contribution < -0.4 is 10.1 Å². The molecule has 2 N–H and O–H groups in total. The van der Waals surface area contributed by atoms with Gasteiger partial charge in [-0.2, -0.15) is 0 Å². The molecule has 1 amide bonds. The lowest BCUT2D eigenvalue weighted by Crippen LogP contribution is -2.42. The summed E-state index contributed by atoms with van der Waals surface area (Å²) in [7, 11) is 0. The molecular formula is C27H26FNO5. The van der Waals surface area contributed by atoms with E-state index < -0.39 is 24.8 Å². The topological polar surface area (TPSA) is 84.9 Å². The van der Waals surface area contributed by atoms with Crippen molar-refractivity contribution in [2.75, 3.05) is 19.9 Å². The van der Waals surface area contributed by atoms with Crippen molar-refractivity contribution >= 4 is 12.1 Å². The van der Waals surface area contributed by atoms with Crippen molar-refractivity contribution in [1.29, 1.82) is 0 Å². The number of fused-ring (bicyclic) bond motifs is 3. The molecule has 0 bridgehead atoms. The third kappa shape index (κ3) is 5.36. The number of halogens is 1. The predicted octanol–water partition coefficient (Wildman–Crippen LogP) is 4.96. The molecule has 1 atom stereocenters. The van der Waals surface area contributed by atoms with Crippen LogP contribution in [0.2, 0.25) is 0 Å². The highest BCUT2D eigenvalue weighted by Gasteiger charge is 2.29. The highest BCUT2D eigenvalue weighted by atomic mass is 19.1. The van der Waals surface area contributed by atoms with Gasteiger partial charge in [-0.1, -0.05) is 60.7 Å². The molecule has 0 fully saturated rings. The van der Waals surface area contributed by atoms with Gasteiger partial charge in [0.15, 0.2) is 0 Å². The van der Waals surface area contributed by atoms with E-state index >= 15 is 0 Å². The molecule has 0 saturated heterocycles. The Kier molecular flexibility index (Phi) is 7.42. The minimum Gasteiger partial charge on any atom is -0.494 e. The molecule has 0 spiro atoms. The van der Waals surface area contributed by atoms with E-state index in [-0.39, 0.29) is 25.6 Å². The molecule has 6 nitrogen and oxygen atoms in total. The number of amides is 1. The highest BCUT2D eigenvalue weighted by molar-refractivity contribution is 5.81. The molecule has 3 aromatic rings. The fourth-order valence-electron chi connectivity index (χ4n) is 4.18. The second kappa shape index (κ2) is 10.8. The van der Waals surface area contributed by atoms with Gasteiger partial charge >= 0.3 is 12.1 Å². The number of alkyl carbamates (subject to hydrolysis) is 1. The second-order valence-corrected chi connectivity index (χ2v) is 8.10. The van der Waals surface area contributed by atoms with Crippen molar-refractivity contribution in [1.82, 2.24) is 5.32 Å². The Morgan fingerprint density at radius 3 is 2.15 bits per heavy atom. The standard InChI is InChI=1S/C27H26FNO5/c28-14-5-15-33-19-12-10-18(11-13-19)16-25(26(30)31)29-27(32)34-17-24-22-8-3-1-6-20(22)21-7-2-4-9-23(21)24/h1-4,6-13,24-25H,5,14-17H2,(H,29,32)(H,30,31). The fraction of sp³-hybridized carbons (Fsp3) is 0.259. The number of carbonyl (C=O) groups excluding carboxylic acids is 1. The van der Waals surface area contributed by atoms with E-state index in [1.807, 2.05) is 48.5 Å². The zero-order valence-electron chi connectivity index (χ0n) is 18.6. The third-order valence-electron chi connectivity index (χ3n) is 5.84. The number of carboxylic acids is 1. The number of carboxylic acid groups (broad SMARTS) is 1. The minimum atomic E-state index is -1.16. The van der Waals surface area contributed by atoms with Crippen LogP contribution in [-0.4, -0.2) is 43.1 Å². The summed E-state index contributed by atoms with van der Waals surface area (Å²) in [6.07, 6.45) is -0.377. The average molecular weight is 464 g/mol. The van der Waals surface area contributed by atoms with Crippen LogP contribution in [0, 0.1) is 0 Å². The molecule has 7 heteroatoms. The number of carbonyl (C=O) groups is 2. The van der Waals surface area contributed by atoms with Crippen LogP contribution in [0.3, 0.4) is 0 Å². The third-order valence-corrected chi connectivity index (χ3v) is 5.84. The van der Waals surface area contributed by atoms with Crippen molar-refractivity contribution in [3.63, 3.8) is 0 Å². The molecule has 0 heterocycles. The molecule has 0 aliphatic heterocycles. The summed E-state index contributed by atoms with van der Waals surface area (Å²) in [5.74, 6) is -0.684. The van der Waals surface area contributed by atoms with Gasteiger partial charge in [0, 0.05) is 18.8 Å². The van der Waals surface area contributed by atoms with Crippen LogP contribution in [0.4, 0.5) is 9.18 Å². The molecule has 0 radical (unpaired) electrons. The summed E-state index contributed by atoms with van der Waals surface area (Å²) < 4.78 is 23.0. The largest absolute Gasteiger partial charge is 0.494 e. The van der Waals surface area contributed by atoms with E-state index in [4.69, 9.17) is 9.47 Å². The summed E-state index contributed by atoms with van der Waals surface area (Å²) in [6.45, 7) is -0.0615. The lowest BCUT2D eigenvalue weighted by molar-refractivity contribution is -0.139. The first-order valence-corrected chi connectivity index (χ1v) is 11.2. The van der Waals surface area contributed by atoms with E-state index in [9.17, 15) is 19.1 Å². The molecule has 34 heavy (non-hydrogen) atoms. The number of aliphatic carboxylic acids is 1. The maximum atomic E-state index is 12.5. The summed E-state index contributed by atoms with van der Waals surface area (Å²) in [4.78, 5) is 24.2. The van der Waals surface area contributed by atoms with Gasteiger partial charge in [0.25, 0.3) is 0 Å². The van der Waals surface area contributed by atoms with E-state index in [0.717, 1.165) is 22.3 Å². The van der Waals surface area contributed by atoms with E-state index in [0.29, 0.717) is 17.7 Å². The summed E-state index contributed by atoms with van der Waals surface area (Å²) in [6, 6.07) is 21.7. The molecule has 4 rings (SSSR count). The number of ether oxygens (including phenoxy) is 2. The summed E-state index contributed by atoms with van der Waals surface area (Å²) in [5, 5.41) is 12.1. The second-order valence-electron chi connectivity index (χ2n) is 8.10. The van der Waals surface area contributed by atoms with Crippen LogP contribution in [0.15, 0.2) is 72.8 Å². The lowest BCUT2D eigenvalue weighted by Gasteiger charge is -2.17. The van der Waals surface area contributed by atoms with Gasteiger partial charge in [-0.15, -0.1) is 0 Å². The quantitative estimate of drug-likeness (QED) is 0.415. The van der Waals surface area contributed by atoms with Crippen molar-refractivity contribution < 1.29 is 28.6 Å². The Morgan fingerprint density at radius 1 is 0.941 bits per heavy atom. The van der Waals surface area contributed by atoms with Gasteiger partial charge in [-0.05, 0) is 39.9 Å². The van der Waals surface area contributed by atoms with Gasteiger partial charge in [-0.25, -0.2) is 9.59 Å². The number of benzene rings is 3. The average Bonchev–Trinajstić information content (AvgIpc) is 3.17. The molecule has 0 aromatic heterocycles. The van der Waals surface area contributed by atoms with Crippen molar-refractivity contribution in [2.45, 2.75) is 24.8 Å². The van der Waals surface area contributed by atoms with Crippen molar-refractivity contribution in [2.24, 2.45) is 0 Å². The number of hydrogen-bond acceptors (Lipinski definition) is 4. The minimum absolute atomic E-state index is 0.0876. The Bertz CT molecular complexity index is 1100. The van der Waals surface area contributed by atoms with Crippen LogP contribution in [0.25, 0.3) is 11.1 Å². The number of rotatable bonds is 10. The zero-order valence-corrected chi connectivity index (χ0v) is 18.6. The maximum Gasteiger partial charge on any atom is 0.407 e. The Hall–Kier alpha value is -3.87.